The van der Waals surface area contributed by atoms with Gasteiger partial charge in [0.05, 0.1) is 21.6 Å². The van der Waals surface area contributed by atoms with E-state index in [2.05, 4.69) is 56.7 Å². The summed E-state index contributed by atoms with van der Waals surface area (Å²) in [4.78, 5) is 23.1. The minimum absolute atomic E-state index is 0.433. The number of carbonyl (C=O) groups excluding carboxylic acids is 1. The summed E-state index contributed by atoms with van der Waals surface area (Å²) in [5, 5.41) is 7.35. The number of rotatable bonds is 7. The van der Waals surface area contributed by atoms with Gasteiger partial charge in [-0.2, -0.15) is 5.10 Å². The van der Waals surface area contributed by atoms with E-state index in [0.29, 0.717) is 16.5 Å². The van der Waals surface area contributed by atoms with Crippen molar-refractivity contribution >= 4 is 38.4 Å². The van der Waals surface area contributed by atoms with Crippen molar-refractivity contribution in [3.8, 4) is 0 Å². The van der Waals surface area contributed by atoms with Crippen LogP contribution in [0.2, 0.25) is 0 Å². The number of hydrazone groups is 1. The Morgan fingerprint density at radius 2 is 2.04 bits per heavy atom. The van der Waals surface area contributed by atoms with Crippen LogP contribution in [0.3, 0.4) is 0 Å². The molecule has 2 aromatic heterocycles. The molecule has 0 spiro atoms. The highest BCUT2D eigenvalue weighted by atomic mass is 32.1. The maximum Gasteiger partial charge on any atom is 0.341 e. The van der Waals surface area contributed by atoms with Gasteiger partial charge in [0, 0.05) is 12.7 Å². The molecule has 2 heterocycles. The lowest BCUT2D eigenvalue weighted by atomic mass is 10.2. The van der Waals surface area contributed by atoms with E-state index in [4.69, 9.17) is 0 Å². The predicted molar refractivity (Wildman–Crippen MR) is 115 cm³/mol. The van der Waals surface area contributed by atoms with Crippen molar-refractivity contribution in [1.29, 1.82) is 0 Å². The Bertz CT molecular complexity index is 965. The highest BCUT2D eigenvalue weighted by Crippen LogP contribution is 2.27. The van der Waals surface area contributed by atoms with Crippen LogP contribution < -0.4 is 10.7 Å². The van der Waals surface area contributed by atoms with Crippen LogP contribution in [0, 0.1) is 0 Å². The molecule has 1 aromatic carbocycles. The molecule has 0 bridgehead atoms. The van der Waals surface area contributed by atoms with Gasteiger partial charge in [0.25, 0.3) is 0 Å². The van der Waals surface area contributed by atoms with E-state index < -0.39 is 6.03 Å². The molecule has 146 valence electrons. The number of hydrogen-bond donors (Lipinski definition) is 2. The first kappa shape index (κ1) is 19.9. The second-order valence-corrected chi connectivity index (χ2v) is 7.29. The maximum atomic E-state index is 12.1. The zero-order valence-electron chi connectivity index (χ0n) is 16.3. The number of amides is 2. The lowest BCUT2D eigenvalue weighted by molar-refractivity contribution is 0.252. The molecule has 0 aliphatic carbocycles. The number of hydrogen-bond acceptors (Lipinski definition) is 6. The summed E-state index contributed by atoms with van der Waals surface area (Å²) in [5.41, 5.74) is 5.94. The molecule has 0 radical (unpaired) electrons. The third-order valence-electron chi connectivity index (χ3n) is 4.33. The van der Waals surface area contributed by atoms with Crippen LogP contribution in [0.4, 0.5) is 9.93 Å². The first-order valence-electron chi connectivity index (χ1n) is 9.23. The summed E-state index contributed by atoms with van der Waals surface area (Å²) < 4.78 is 1.05. The van der Waals surface area contributed by atoms with Gasteiger partial charge in [0.2, 0.25) is 0 Å². The van der Waals surface area contributed by atoms with E-state index in [9.17, 15) is 4.79 Å². The van der Waals surface area contributed by atoms with Crippen LogP contribution >= 0.6 is 11.3 Å². The third-order valence-corrected chi connectivity index (χ3v) is 5.27. The fourth-order valence-electron chi connectivity index (χ4n) is 2.72. The number of anilines is 1. The molecule has 2 N–H and O–H groups in total. The molecule has 7 nitrogen and oxygen atoms in total. The lowest BCUT2D eigenvalue weighted by Crippen LogP contribution is -2.25. The molecule has 0 saturated carbocycles. The molecule has 0 saturated heterocycles. The first-order valence-corrected chi connectivity index (χ1v) is 10.0. The Labute approximate surface area is 168 Å². The molecule has 28 heavy (non-hydrogen) atoms. The van der Waals surface area contributed by atoms with E-state index >= 15 is 0 Å². The van der Waals surface area contributed by atoms with E-state index in [-0.39, 0.29) is 0 Å². The molecule has 0 aliphatic heterocycles. The zero-order chi connectivity index (χ0) is 19.9. The summed E-state index contributed by atoms with van der Waals surface area (Å²) in [5.74, 6) is 0. The van der Waals surface area contributed by atoms with Crippen molar-refractivity contribution in [1.82, 2.24) is 20.3 Å². The van der Waals surface area contributed by atoms with Gasteiger partial charge in [0.15, 0.2) is 5.13 Å². The predicted octanol–water partition coefficient (Wildman–Crippen LogP) is 4.08. The molecule has 0 unspecified atom stereocenters. The van der Waals surface area contributed by atoms with Gasteiger partial charge in [-0.25, -0.2) is 15.2 Å². The smallest absolute Gasteiger partial charge is 0.300 e. The number of nitrogens with one attached hydrogen (secondary N) is 2. The van der Waals surface area contributed by atoms with Crippen molar-refractivity contribution in [2.24, 2.45) is 5.10 Å². The fraction of sp³-hybridized carbons (Fsp3) is 0.300. The Morgan fingerprint density at radius 1 is 1.21 bits per heavy atom. The van der Waals surface area contributed by atoms with Crippen LogP contribution in [0.5, 0.6) is 0 Å². The molecular weight excluding hydrogens is 372 g/mol. The monoisotopic (exact) mass is 396 g/mol. The zero-order valence-corrected chi connectivity index (χ0v) is 17.1. The van der Waals surface area contributed by atoms with Crippen LogP contribution in [-0.2, 0) is 6.54 Å². The summed E-state index contributed by atoms with van der Waals surface area (Å²) in [6, 6.07) is 11.3. The van der Waals surface area contributed by atoms with Gasteiger partial charge in [-0.3, -0.25) is 15.2 Å². The molecular formula is C20H24N6OS. The molecule has 3 rings (SSSR count). The van der Waals surface area contributed by atoms with Gasteiger partial charge < -0.3 is 0 Å². The molecule has 8 heteroatoms. The first-order chi connectivity index (χ1) is 13.6. The van der Waals surface area contributed by atoms with Crippen LogP contribution in [0.15, 0.2) is 47.7 Å². The number of carbonyl (C=O) groups is 1. The normalized spacial score (nSPS) is 11.8. The van der Waals surface area contributed by atoms with Gasteiger partial charge in [-0.1, -0.05) is 37.3 Å². The average Bonchev–Trinajstić information content (AvgIpc) is 3.12. The lowest BCUT2D eigenvalue weighted by Gasteiger charge is -2.17. The van der Waals surface area contributed by atoms with Crippen LogP contribution in [0.25, 0.3) is 10.2 Å². The Morgan fingerprint density at radius 3 is 2.75 bits per heavy atom. The fourth-order valence-corrected chi connectivity index (χ4v) is 3.64. The van der Waals surface area contributed by atoms with Crippen molar-refractivity contribution < 1.29 is 4.79 Å². The van der Waals surface area contributed by atoms with Gasteiger partial charge in [-0.05, 0) is 49.8 Å². The van der Waals surface area contributed by atoms with Crippen molar-refractivity contribution in [3.63, 3.8) is 0 Å². The van der Waals surface area contributed by atoms with E-state index in [1.807, 2.05) is 24.3 Å². The van der Waals surface area contributed by atoms with E-state index in [0.717, 1.165) is 29.9 Å². The van der Waals surface area contributed by atoms with Gasteiger partial charge in [0.1, 0.15) is 0 Å². The maximum absolute atomic E-state index is 12.1. The van der Waals surface area contributed by atoms with Crippen molar-refractivity contribution in [2.75, 3.05) is 18.4 Å². The molecule has 0 fully saturated rings. The SMILES string of the molecule is CCN(CC)Cc1ccc2nc(NC(=O)N/N=C(\C)c3ccccn3)sc2c1. The topological polar surface area (TPSA) is 82.5 Å². The van der Waals surface area contributed by atoms with Crippen molar-refractivity contribution in [2.45, 2.75) is 27.3 Å². The highest BCUT2D eigenvalue weighted by Gasteiger charge is 2.09. The Kier molecular flexibility index (Phi) is 6.67. The third kappa shape index (κ3) is 5.11. The minimum atomic E-state index is -0.433. The van der Waals surface area contributed by atoms with E-state index in [1.54, 1.807) is 13.1 Å². The van der Waals surface area contributed by atoms with Gasteiger partial charge >= 0.3 is 6.03 Å². The standard InChI is InChI=1S/C20H24N6OS/c1-4-26(5-2)13-15-9-10-17-18(12-15)28-20(22-17)23-19(27)25-24-14(3)16-8-6-7-11-21-16/h6-12H,4-5,13H2,1-3H3,(H2,22,23,25,27)/b24-14+. The van der Waals surface area contributed by atoms with Crippen LogP contribution in [0.1, 0.15) is 32.0 Å². The van der Waals surface area contributed by atoms with E-state index in [1.165, 1.54) is 16.9 Å². The molecule has 3 aromatic rings. The molecule has 0 aliphatic rings. The number of fused-ring (bicyclic) bond motifs is 1. The highest BCUT2D eigenvalue weighted by molar-refractivity contribution is 7.22. The minimum Gasteiger partial charge on any atom is -0.300 e. The Balaban J connectivity index is 1.64. The number of nitrogens with zero attached hydrogens (tertiary/aromatic N) is 4. The summed E-state index contributed by atoms with van der Waals surface area (Å²) in [6.07, 6.45) is 1.68. The number of benzene rings is 1. The average molecular weight is 397 g/mol. The number of urea groups is 1. The largest absolute Gasteiger partial charge is 0.341 e. The Hall–Kier alpha value is -2.84. The van der Waals surface area contributed by atoms with Crippen LogP contribution in [-0.4, -0.2) is 39.7 Å². The second-order valence-electron chi connectivity index (χ2n) is 6.26. The number of aromatic nitrogens is 2. The second kappa shape index (κ2) is 9.38. The quantitative estimate of drug-likeness (QED) is 0.466. The number of thiazole rings is 1. The van der Waals surface area contributed by atoms with Crippen molar-refractivity contribution in [3.05, 3.63) is 53.9 Å². The summed E-state index contributed by atoms with van der Waals surface area (Å²) in [7, 11) is 0. The van der Waals surface area contributed by atoms with Gasteiger partial charge in [-0.15, -0.1) is 0 Å². The molecule has 0 atom stereocenters. The summed E-state index contributed by atoms with van der Waals surface area (Å²) >= 11 is 1.45. The number of pyridine rings is 1. The summed E-state index contributed by atoms with van der Waals surface area (Å²) in [6.45, 7) is 9.05. The molecule has 2 amide bonds.